The van der Waals surface area contributed by atoms with Crippen molar-refractivity contribution in [2.45, 2.75) is 39.2 Å². The normalized spacial score (nSPS) is 21.5. The van der Waals surface area contributed by atoms with Gasteiger partial charge in [-0.3, -0.25) is 4.68 Å². The van der Waals surface area contributed by atoms with Crippen molar-refractivity contribution < 1.29 is 0 Å². The topological polar surface area (TPSA) is 42.7 Å². The molecule has 1 aromatic heterocycles. The van der Waals surface area contributed by atoms with Gasteiger partial charge < -0.3 is 5.32 Å². The van der Waals surface area contributed by atoms with Crippen molar-refractivity contribution in [2.75, 3.05) is 6.54 Å². The van der Waals surface area contributed by atoms with Crippen LogP contribution in [-0.2, 0) is 13.5 Å². The summed E-state index contributed by atoms with van der Waals surface area (Å²) < 4.78 is 1.93. The molecular weight excluding hydrogens is 188 g/mol. The van der Waals surface area contributed by atoms with Gasteiger partial charge in [0, 0.05) is 13.5 Å². The number of hydrogen-bond acceptors (Lipinski definition) is 3. The smallest absolute Gasteiger partial charge is 0.151 e. The first-order valence-corrected chi connectivity index (χ1v) is 5.80. The fourth-order valence-electron chi connectivity index (χ4n) is 2.11. The van der Waals surface area contributed by atoms with Crippen LogP contribution >= 0.6 is 0 Å². The van der Waals surface area contributed by atoms with E-state index in [4.69, 9.17) is 0 Å². The molecule has 2 rings (SSSR count). The molecule has 1 atom stereocenters. The summed E-state index contributed by atoms with van der Waals surface area (Å²) in [4.78, 5) is 4.62. The lowest BCUT2D eigenvalue weighted by Gasteiger charge is -2.07. The molecule has 0 aliphatic carbocycles. The van der Waals surface area contributed by atoms with Crippen molar-refractivity contribution in [3.63, 3.8) is 0 Å². The van der Waals surface area contributed by atoms with E-state index >= 15 is 0 Å². The maximum absolute atomic E-state index is 4.62. The number of aryl methyl sites for hydroxylation is 1. The minimum Gasteiger partial charge on any atom is -0.307 e. The van der Waals surface area contributed by atoms with E-state index in [1.165, 1.54) is 12.8 Å². The summed E-state index contributed by atoms with van der Waals surface area (Å²) in [6, 6.07) is 0.420. The van der Waals surface area contributed by atoms with Gasteiger partial charge in [0.1, 0.15) is 5.82 Å². The van der Waals surface area contributed by atoms with Crippen molar-refractivity contribution in [1.82, 2.24) is 20.1 Å². The molecule has 0 radical (unpaired) electrons. The highest BCUT2D eigenvalue weighted by atomic mass is 15.3. The van der Waals surface area contributed by atoms with Crippen LogP contribution in [0.3, 0.4) is 0 Å². The molecule has 1 unspecified atom stereocenters. The second-order valence-electron chi connectivity index (χ2n) is 4.76. The van der Waals surface area contributed by atoms with Crippen molar-refractivity contribution in [3.8, 4) is 0 Å². The van der Waals surface area contributed by atoms with E-state index in [1.807, 2.05) is 11.7 Å². The Morgan fingerprint density at radius 1 is 1.53 bits per heavy atom. The minimum atomic E-state index is 0.420. The number of nitrogens with one attached hydrogen (secondary N) is 1. The largest absolute Gasteiger partial charge is 0.307 e. The van der Waals surface area contributed by atoms with Gasteiger partial charge in [0.15, 0.2) is 5.82 Å². The predicted octanol–water partition coefficient (Wildman–Crippen LogP) is 1.44. The molecule has 1 fully saturated rings. The third kappa shape index (κ3) is 2.37. The molecule has 0 amide bonds. The SMILES string of the molecule is CC(C)Cc1nc(C2CCCN2)n(C)n1. The molecule has 2 heterocycles. The second-order valence-corrected chi connectivity index (χ2v) is 4.76. The third-order valence-electron chi connectivity index (χ3n) is 2.80. The Morgan fingerprint density at radius 3 is 2.93 bits per heavy atom. The standard InChI is InChI=1S/C11H20N4/c1-8(2)7-10-13-11(15(3)14-10)9-5-4-6-12-9/h8-9,12H,4-7H2,1-3H3. The zero-order valence-electron chi connectivity index (χ0n) is 9.82. The van der Waals surface area contributed by atoms with E-state index in [1.54, 1.807) is 0 Å². The van der Waals surface area contributed by atoms with Gasteiger partial charge in [-0.2, -0.15) is 5.10 Å². The summed E-state index contributed by atoms with van der Waals surface area (Å²) in [5, 5.41) is 7.92. The first-order valence-electron chi connectivity index (χ1n) is 5.80. The molecule has 4 heteroatoms. The molecule has 1 aliphatic heterocycles. The lowest BCUT2D eigenvalue weighted by molar-refractivity contribution is 0.558. The van der Waals surface area contributed by atoms with E-state index in [-0.39, 0.29) is 0 Å². The van der Waals surface area contributed by atoms with Gasteiger partial charge in [-0.15, -0.1) is 0 Å². The summed E-state index contributed by atoms with van der Waals surface area (Å²) in [6.45, 7) is 5.50. The maximum Gasteiger partial charge on any atom is 0.151 e. The summed E-state index contributed by atoms with van der Waals surface area (Å²) in [6.07, 6.45) is 3.41. The van der Waals surface area contributed by atoms with E-state index in [2.05, 4.69) is 29.2 Å². The van der Waals surface area contributed by atoms with Crippen molar-refractivity contribution >= 4 is 0 Å². The fourth-order valence-corrected chi connectivity index (χ4v) is 2.11. The summed E-state index contributed by atoms with van der Waals surface area (Å²) in [5.74, 6) is 2.70. The van der Waals surface area contributed by atoms with Crippen LogP contribution in [0.15, 0.2) is 0 Å². The maximum atomic E-state index is 4.62. The monoisotopic (exact) mass is 208 g/mol. The second kappa shape index (κ2) is 4.31. The Kier molecular flexibility index (Phi) is 3.05. The number of hydrogen-bond donors (Lipinski definition) is 1. The van der Waals surface area contributed by atoms with Crippen LogP contribution in [0.2, 0.25) is 0 Å². The summed E-state index contributed by atoms with van der Waals surface area (Å²) >= 11 is 0. The van der Waals surface area contributed by atoms with Crippen LogP contribution in [0, 0.1) is 5.92 Å². The van der Waals surface area contributed by atoms with Gasteiger partial charge in [-0.1, -0.05) is 13.8 Å². The summed E-state index contributed by atoms with van der Waals surface area (Å²) in [7, 11) is 1.99. The molecule has 15 heavy (non-hydrogen) atoms. The van der Waals surface area contributed by atoms with Crippen LogP contribution in [0.1, 0.15) is 44.4 Å². The Hall–Kier alpha value is -0.900. The van der Waals surface area contributed by atoms with Gasteiger partial charge in [0.05, 0.1) is 6.04 Å². The van der Waals surface area contributed by atoms with E-state index in [9.17, 15) is 0 Å². The Bertz CT molecular complexity index is 323. The van der Waals surface area contributed by atoms with E-state index < -0.39 is 0 Å². The van der Waals surface area contributed by atoms with Gasteiger partial charge in [0.25, 0.3) is 0 Å². The predicted molar refractivity (Wildman–Crippen MR) is 59.5 cm³/mol. The molecule has 1 aromatic rings. The Balaban J connectivity index is 2.13. The minimum absolute atomic E-state index is 0.420. The fraction of sp³-hybridized carbons (Fsp3) is 0.818. The number of aromatic nitrogens is 3. The summed E-state index contributed by atoms with van der Waals surface area (Å²) in [5.41, 5.74) is 0. The molecule has 0 saturated carbocycles. The van der Waals surface area contributed by atoms with Gasteiger partial charge >= 0.3 is 0 Å². The first kappa shape index (κ1) is 10.6. The molecule has 0 aromatic carbocycles. The highest BCUT2D eigenvalue weighted by Gasteiger charge is 2.21. The number of nitrogens with zero attached hydrogens (tertiary/aromatic N) is 3. The molecular formula is C11H20N4. The van der Waals surface area contributed by atoms with Crippen LogP contribution in [0.25, 0.3) is 0 Å². The number of rotatable bonds is 3. The Morgan fingerprint density at radius 2 is 2.33 bits per heavy atom. The highest BCUT2D eigenvalue weighted by molar-refractivity contribution is 5.01. The average Bonchev–Trinajstić information content (AvgIpc) is 2.72. The van der Waals surface area contributed by atoms with E-state index in [0.717, 1.165) is 24.6 Å². The Labute approximate surface area is 91.1 Å². The van der Waals surface area contributed by atoms with Crippen LogP contribution in [0.5, 0.6) is 0 Å². The quantitative estimate of drug-likeness (QED) is 0.817. The van der Waals surface area contributed by atoms with Gasteiger partial charge in [0.2, 0.25) is 0 Å². The molecule has 1 saturated heterocycles. The molecule has 84 valence electrons. The molecule has 4 nitrogen and oxygen atoms in total. The van der Waals surface area contributed by atoms with Gasteiger partial charge in [-0.05, 0) is 25.3 Å². The highest BCUT2D eigenvalue weighted by Crippen LogP contribution is 2.21. The molecule has 1 N–H and O–H groups in total. The van der Waals surface area contributed by atoms with Crippen molar-refractivity contribution in [1.29, 1.82) is 0 Å². The van der Waals surface area contributed by atoms with Crippen molar-refractivity contribution in [3.05, 3.63) is 11.6 Å². The molecule has 0 bridgehead atoms. The molecule has 1 aliphatic rings. The zero-order chi connectivity index (χ0) is 10.8. The van der Waals surface area contributed by atoms with Crippen LogP contribution in [-0.4, -0.2) is 21.3 Å². The lowest BCUT2D eigenvalue weighted by atomic mass is 10.1. The van der Waals surface area contributed by atoms with Gasteiger partial charge in [-0.25, -0.2) is 4.98 Å². The molecule has 0 spiro atoms. The van der Waals surface area contributed by atoms with Crippen LogP contribution < -0.4 is 5.32 Å². The van der Waals surface area contributed by atoms with E-state index in [0.29, 0.717) is 12.0 Å². The first-order chi connectivity index (χ1) is 7.16. The zero-order valence-corrected chi connectivity index (χ0v) is 9.82. The third-order valence-corrected chi connectivity index (χ3v) is 2.80. The average molecular weight is 208 g/mol. The lowest BCUT2D eigenvalue weighted by Crippen LogP contribution is -2.17. The van der Waals surface area contributed by atoms with Crippen LogP contribution in [0.4, 0.5) is 0 Å². The van der Waals surface area contributed by atoms with Crippen molar-refractivity contribution in [2.24, 2.45) is 13.0 Å².